The van der Waals surface area contributed by atoms with E-state index in [-0.39, 0.29) is 0 Å². The molecule has 0 aliphatic heterocycles. The van der Waals surface area contributed by atoms with Gasteiger partial charge in [0.1, 0.15) is 11.3 Å². The van der Waals surface area contributed by atoms with E-state index in [1.165, 1.54) is 0 Å². The number of halogens is 1. The number of aryl methyl sites for hydroxylation is 2. The van der Waals surface area contributed by atoms with Crippen LogP contribution in [0.25, 0.3) is 5.52 Å². The largest absolute Gasteiger partial charge is 0.382 e. The van der Waals surface area contributed by atoms with Gasteiger partial charge in [0.25, 0.3) is 0 Å². The third kappa shape index (κ3) is 1.18. The summed E-state index contributed by atoms with van der Waals surface area (Å²) in [7, 11) is 0. The molecule has 0 saturated heterocycles. The summed E-state index contributed by atoms with van der Waals surface area (Å²) < 4.78 is 2.94. The van der Waals surface area contributed by atoms with E-state index in [2.05, 4.69) is 32.6 Å². The maximum absolute atomic E-state index is 5.76. The van der Waals surface area contributed by atoms with Crippen molar-refractivity contribution < 1.29 is 0 Å². The van der Waals surface area contributed by atoms with E-state index in [4.69, 9.17) is 5.73 Å². The first-order valence-electron chi connectivity index (χ1n) is 3.87. The molecule has 0 bridgehead atoms. The smallest absolute Gasteiger partial charge is 0.176 e. The SMILES string of the molecule is Cc1nc(I)n2c(C)cnc(N)c12. The summed E-state index contributed by atoms with van der Waals surface area (Å²) in [6, 6.07) is 0. The Bertz CT molecular complexity index is 432. The second-order valence-corrected chi connectivity index (χ2v) is 3.90. The molecule has 0 amide bonds. The van der Waals surface area contributed by atoms with Crippen LogP contribution >= 0.6 is 22.6 Å². The number of fused-ring (bicyclic) bond motifs is 1. The van der Waals surface area contributed by atoms with Crippen LogP contribution in [-0.2, 0) is 0 Å². The molecule has 0 fully saturated rings. The summed E-state index contributed by atoms with van der Waals surface area (Å²) in [5.74, 6) is 0.540. The molecule has 5 heteroatoms. The number of nitrogens with zero attached hydrogens (tertiary/aromatic N) is 3. The molecule has 0 spiro atoms. The van der Waals surface area contributed by atoms with Crippen LogP contribution in [0.2, 0.25) is 0 Å². The molecule has 2 aromatic heterocycles. The van der Waals surface area contributed by atoms with Crippen molar-refractivity contribution in [2.75, 3.05) is 5.73 Å². The molecule has 0 unspecified atom stereocenters. The van der Waals surface area contributed by atoms with Crippen molar-refractivity contribution in [3.63, 3.8) is 0 Å². The first kappa shape index (κ1) is 8.74. The lowest BCUT2D eigenvalue weighted by molar-refractivity contribution is 1.01. The van der Waals surface area contributed by atoms with Gasteiger partial charge in [0, 0.05) is 34.5 Å². The molecule has 0 aromatic carbocycles. The summed E-state index contributed by atoms with van der Waals surface area (Å²) in [5.41, 5.74) is 8.66. The zero-order valence-corrected chi connectivity index (χ0v) is 9.53. The fourth-order valence-corrected chi connectivity index (χ4v) is 2.38. The van der Waals surface area contributed by atoms with Gasteiger partial charge in [-0.05, 0) is 13.8 Å². The minimum absolute atomic E-state index is 0.540. The Kier molecular flexibility index (Phi) is 1.90. The summed E-state index contributed by atoms with van der Waals surface area (Å²) in [5, 5.41) is 0. The Balaban J connectivity index is 3.03. The molecule has 0 aliphatic carbocycles. The van der Waals surface area contributed by atoms with E-state index in [9.17, 15) is 0 Å². The molecule has 0 atom stereocenters. The molecule has 13 heavy (non-hydrogen) atoms. The summed E-state index contributed by atoms with van der Waals surface area (Å²) in [6.45, 7) is 3.93. The molecule has 2 N–H and O–H groups in total. The number of hydrogen-bond acceptors (Lipinski definition) is 3. The highest BCUT2D eigenvalue weighted by Crippen LogP contribution is 2.19. The lowest BCUT2D eigenvalue weighted by Crippen LogP contribution is -2.00. The maximum Gasteiger partial charge on any atom is 0.176 e. The van der Waals surface area contributed by atoms with Gasteiger partial charge in [0.05, 0.1) is 5.69 Å². The van der Waals surface area contributed by atoms with Crippen LogP contribution in [0, 0.1) is 17.7 Å². The summed E-state index contributed by atoms with van der Waals surface area (Å²) >= 11 is 2.19. The number of imidazole rings is 1. The topological polar surface area (TPSA) is 56.2 Å². The zero-order valence-electron chi connectivity index (χ0n) is 7.37. The average Bonchev–Trinajstić information content (AvgIpc) is 2.36. The van der Waals surface area contributed by atoms with Crippen molar-refractivity contribution in [2.24, 2.45) is 0 Å². The summed E-state index contributed by atoms with van der Waals surface area (Å²) in [4.78, 5) is 8.44. The molecule has 0 saturated carbocycles. The standard InChI is InChI=1S/C8H9IN4/c1-4-3-11-7(10)6-5(2)12-8(9)13(4)6/h3H,1-2H3,(H2,10,11). The Morgan fingerprint density at radius 1 is 1.46 bits per heavy atom. The molecule has 68 valence electrons. The first-order valence-corrected chi connectivity index (χ1v) is 4.94. The van der Waals surface area contributed by atoms with Gasteiger partial charge in [-0.2, -0.15) is 0 Å². The van der Waals surface area contributed by atoms with Crippen LogP contribution in [0.1, 0.15) is 11.4 Å². The predicted molar refractivity (Wildman–Crippen MR) is 59.6 cm³/mol. The normalized spacial score (nSPS) is 11.0. The van der Waals surface area contributed by atoms with Gasteiger partial charge in [-0.25, -0.2) is 9.97 Å². The summed E-state index contributed by atoms with van der Waals surface area (Å²) in [6.07, 6.45) is 1.76. The van der Waals surface area contributed by atoms with E-state index < -0.39 is 0 Å². The molecule has 2 aromatic rings. The van der Waals surface area contributed by atoms with E-state index in [1.54, 1.807) is 6.20 Å². The highest BCUT2D eigenvalue weighted by molar-refractivity contribution is 14.1. The van der Waals surface area contributed by atoms with Crippen LogP contribution in [0.15, 0.2) is 6.20 Å². The number of hydrogen-bond donors (Lipinski definition) is 1. The van der Waals surface area contributed by atoms with Gasteiger partial charge < -0.3 is 5.73 Å². The van der Waals surface area contributed by atoms with Gasteiger partial charge in [0.2, 0.25) is 0 Å². The second-order valence-electron chi connectivity index (χ2n) is 2.94. The monoisotopic (exact) mass is 288 g/mol. The van der Waals surface area contributed by atoms with Gasteiger partial charge >= 0.3 is 0 Å². The van der Waals surface area contributed by atoms with Gasteiger partial charge in [-0.15, -0.1) is 0 Å². The van der Waals surface area contributed by atoms with Crippen LogP contribution < -0.4 is 5.73 Å². The Hall–Kier alpha value is -0.850. The second kappa shape index (κ2) is 2.83. The molecule has 0 aliphatic rings. The molecular formula is C8H9IN4. The van der Waals surface area contributed by atoms with E-state index in [1.807, 2.05) is 18.2 Å². The van der Waals surface area contributed by atoms with Crippen molar-refractivity contribution >= 4 is 33.9 Å². The van der Waals surface area contributed by atoms with Crippen molar-refractivity contribution in [3.8, 4) is 0 Å². The predicted octanol–water partition coefficient (Wildman–Crippen LogP) is 1.53. The van der Waals surface area contributed by atoms with E-state index in [0.717, 1.165) is 20.7 Å². The van der Waals surface area contributed by atoms with Crippen molar-refractivity contribution in [2.45, 2.75) is 13.8 Å². The lowest BCUT2D eigenvalue weighted by atomic mass is 10.3. The number of nitrogen functional groups attached to an aromatic ring is 1. The molecule has 2 heterocycles. The highest BCUT2D eigenvalue weighted by Gasteiger charge is 2.10. The number of rotatable bonds is 0. The van der Waals surface area contributed by atoms with Gasteiger partial charge in [-0.1, -0.05) is 0 Å². The zero-order chi connectivity index (χ0) is 9.59. The molecule has 2 rings (SSSR count). The minimum Gasteiger partial charge on any atom is -0.382 e. The molecule has 0 radical (unpaired) electrons. The van der Waals surface area contributed by atoms with Crippen molar-refractivity contribution in [3.05, 3.63) is 21.4 Å². The quantitative estimate of drug-likeness (QED) is 0.748. The van der Waals surface area contributed by atoms with Gasteiger partial charge in [0.15, 0.2) is 3.83 Å². The fourth-order valence-electron chi connectivity index (χ4n) is 1.40. The maximum atomic E-state index is 5.76. The number of aromatic nitrogens is 3. The number of nitrogens with two attached hydrogens (primary N) is 1. The lowest BCUT2D eigenvalue weighted by Gasteiger charge is -2.02. The van der Waals surface area contributed by atoms with Crippen LogP contribution in [0.3, 0.4) is 0 Å². The minimum atomic E-state index is 0.540. The van der Waals surface area contributed by atoms with Crippen molar-refractivity contribution in [1.29, 1.82) is 0 Å². The average molecular weight is 288 g/mol. The van der Waals surface area contributed by atoms with Crippen molar-refractivity contribution in [1.82, 2.24) is 14.4 Å². The Labute approximate surface area is 89.3 Å². The number of anilines is 1. The van der Waals surface area contributed by atoms with Crippen LogP contribution in [-0.4, -0.2) is 14.4 Å². The van der Waals surface area contributed by atoms with E-state index >= 15 is 0 Å². The molecule has 4 nitrogen and oxygen atoms in total. The van der Waals surface area contributed by atoms with Crippen LogP contribution in [0.4, 0.5) is 5.82 Å². The third-order valence-electron chi connectivity index (χ3n) is 2.00. The third-order valence-corrected chi connectivity index (χ3v) is 2.72. The fraction of sp³-hybridized carbons (Fsp3) is 0.250. The van der Waals surface area contributed by atoms with E-state index in [0.29, 0.717) is 5.82 Å². The Morgan fingerprint density at radius 3 is 2.77 bits per heavy atom. The first-order chi connectivity index (χ1) is 6.11. The van der Waals surface area contributed by atoms with Gasteiger partial charge in [-0.3, -0.25) is 4.40 Å². The highest BCUT2D eigenvalue weighted by atomic mass is 127. The van der Waals surface area contributed by atoms with Crippen LogP contribution in [0.5, 0.6) is 0 Å². The Morgan fingerprint density at radius 2 is 2.15 bits per heavy atom. The molecular weight excluding hydrogens is 279 g/mol.